The minimum absolute atomic E-state index is 0.134. The fourth-order valence-corrected chi connectivity index (χ4v) is 1.66. The molecule has 1 aromatic carbocycles. The van der Waals surface area contributed by atoms with Gasteiger partial charge in [0.25, 0.3) is 0 Å². The van der Waals surface area contributed by atoms with Crippen molar-refractivity contribution in [1.29, 1.82) is 0 Å². The van der Waals surface area contributed by atoms with Crippen LogP contribution < -0.4 is 11.1 Å². The molecule has 1 atom stereocenters. The largest absolute Gasteiger partial charge is 0.325 e. The first-order valence-electron chi connectivity index (χ1n) is 6.50. The minimum Gasteiger partial charge on any atom is -0.325 e. The summed E-state index contributed by atoms with van der Waals surface area (Å²) in [5.41, 5.74) is 7.77. The van der Waals surface area contributed by atoms with Gasteiger partial charge in [-0.2, -0.15) is 0 Å². The molecular formula is C15H24N2O. The van der Waals surface area contributed by atoms with Gasteiger partial charge in [-0.3, -0.25) is 4.79 Å². The number of aryl methyl sites for hydroxylation is 1. The van der Waals surface area contributed by atoms with Gasteiger partial charge in [0.15, 0.2) is 0 Å². The number of hydrogen-bond acceptors (Lipinski definition) is 2. The van der Waals surface area contributed by atoms with Crippen LogP contribution in [0.5, 0.6) is 0 Å². The lowest BCUT2D eigenvalue weighted by molar-refractivity contribution is -0.119. The predicted octanol–water partition coefficient (Wildman–Crippen LogP) is 2.95. The van der Waals surface area contributed by atoms with E-state index >= 15 is 0 Å². The Morgan fingerprint density at radius 1 is 1.28 bits per heavy atom. The lowest BCUT2D eigenvalue weighted by Gasteiger charge is -2.25. The fraction of sp³-hybridized carbons (Fsp3) is 0.533. The number of rotatable bonds is 4. The summed E-state index contributed by atoms with van der Waals surface area (Å²) in [7, 11) is 0. The van der Waals surface area contributed by atoms with E-state index < -0.39 is 6.04 Å². The van der Waals surface area contributed by atoms with Crippen LogP contribution in [0, 0.1) is 5.41 Å². The molecule has 3 N–H and O–H groups in total. The Labute approximate surface area is 110 Å². The van der Waals surface area contributed by atoms with Crippen LogP contribution in [0.15, 0.2) is 24.3 Å². The second kappa shape index (κ2) is 6.01. The molecule has 0 saturated carbocycles. The van der Waals surface area contributed by atoms with Crippen molar-refractivity contribution in [1.82, 2.24) is 0 Å². The van der Waals surface area contributed by atoms with E-state index in [4.69, 9.17) is 5.73 Å². The maximum atomic E-state index is 11.9. The van der Waals surface area contributed by atoms with Crippen LogP contribution in [0.2, 0.25) is 0 Å². The number of nitrogens with one attached hydrogen (secondary N) is 1. The highest BCUT2D eigenvalue weighted by molar-refractivity contribution is 5.95. The maximum absolute atomic E-state index is 11.9. The lowest BCUT2D eigenvalue weighted by Crippen LogP contribution is -2.45. The van der Waals surface area contributed by atoms with Crippen LogP contribution in [-0.4, -0.2) is 11.9 Å². The van der Waals surface area contributed by atoms with Gasteiger partial charge >= 0.3 is 0 Å². The third-order valence-electron chi connectivity index (χ3n) is 2.98. The molecule has 0 radical (unpaired) electrons. The molecule has 0 spiro atoms. The Kier molecular flexibility index (Phi) is 4.91. The quantitative estimate of drug-likeness (QED) is 0.860. The van der Waals surface area contributed by atoms with Crippen molar-refractivity contribution in [3.63, 3.8) is 0 Å². The van der Waals surface area contributed by atoms with E-state index in [-0.39, 0.29) is 11.3 Å². The summed E-state index contributed by atoms with van der Waals surface area (Å²) in [6.45, 7) is 8.03. The maximum Gasteiger partial charge on any atom is 0.241 e. The molecule has 3 heteroatoms. The van der Waals surface area contributed by atoms with Crippen LogP contribution in [-0.2, 0) is 11.2 Å². The highest BCUT2D eigenvalue weighted by Gasteiger charge is 2.27. The van der Waals surface area contributed by atoms with Crippen LogP contribution in [0.3, 0.4) is 0 Å². The molecule has 0 aliphatic rings. The average molecular weight is 248 g/mol. The topological polar surface area (TPSA) is 55.1 Å². The number of hydrogen-bond donors (Lipinski definition) is 2. The van der Waals surface area contributed by atoms with Gasteiger partial charge in [0, 0.05) is 5.69 Å². The summed E-state index contributed by atoms with van der Waals surface area (Å²) in [6.07, 6.45) is 2.19. The number of benzene rings is 1. The van der Waals surface area contributed by atoms with E-state index in [2.05, 4.69) is 12.2 Å². The molecule has 100 valence electrons. The summed E-state index contributed by atoms with van der Waals surface area (Å²) >= 11 is 0. The van der Waals surface area contributed by atoms with E-state index in [0.29, 0.717) is 0 Å². The van der Waals surface area contributed by atoms with E-state index in [1.807, 2.05) is 45.0 Å². The summed E-state index contributed by atoms with van der Waals surface area (Å²) in [4.78, 5) is 11.9. The molecule has 0 aromatic heterocycles. The highest BCUT2D eigenvalue weighted by Crippen LogP contribution is 2.19. The zero-order chi connectivity index (χ0) is 13.8. The normalized spacial score (nSPS) is 13.2. The first-order chi connectivity index (χ1) is 8.34. The van der Waals surface area contributed by atoms with E-state index in [1.165, 1.54) is 5.56 Å². The zero-order valence-electron chi connectivity index (χ0n) is 11.8. The van der Waals surface area contributed by atoms with Gasteiger partial charge < -0.3 is 11.1 Å². The molecule has 0 bridgehead atoms. The monoisotopic (exact) mass is 248 g/mol. The third kappa shape index (κ3) is 4.15. The van der Waals surface area contributed by atoms with Crippen LogP contribution in [0.4, 0.5) is 5.69 Å². The smallest absolute Gasteiger partial charge is 0.241 e. The average Bonchev–Trinajstić information content (AvgIpc) is 2.30. The van der Waals surface area contributed by atoms with Crippen molar-refractivity contribution in [3.8, 4) is 0 Å². The van der Waals surface area contributed by atoms with Crippen molar-refractivity contribution >= 4 is 11.6 Å². The first kappa shape index (κ1) is 14.7. The Bertz CT molecular complexity index is 390. The Morgan fingerprint density at radius 2 is 1.83 bits per heavy atom. The van der Waals surface area contributed by atoms with Crippen molar-refractivity contribution in [2.45, 2.75) is 46.6 Å². The van der Waals surface area contributed by atoms with Gasteiger partial charge in [0.05, 0.1) is 6.04 Å². The Balaban J connectivity index is 2.65. The molecule has 0 aliphatic carbocycles. The van der Waals surface area contributed by atoms with E-state index in [9.17, 15) is 4.79 Å². The third-order valence-corrected chi connectivity index (χ3v) is 2.98. The molecule has 0 saturated heterocycles. The number of anilines is 1. The molecule has 1 amide bonds. The van der Waals surface area contributed by atoms with Crippen LogP contribution in [0.1, 0.15) is 39.7 Å². The SMILES string of the molecule is CCCc1ccc(NC(=O)[C@@H](N)C(C)(C)C)cc1. The van der Waals surface area contributed by atoms with Crippen LogP contribution >= 0.6 is 0 Å². The van der Waals surface area contributed by atoms with E-state index in [1.54, 1.807) is 0 Å². The Hall–Kier alpha value is -1.35. The molecule has 0 heterocycles. The standard InChI is InChI=1S/C15H24N2O/c1-5-6-11-7-9-12(10-8-11)17-14(18)13(16)15(2,3)4/h7-10,13H,5-6,16H2,1-4H3,(H,17,18)/t13-/m1/s1. The van der Waals surface area contributed by atoms with Gasteiger partial charge in [0.2, 0.25) is 5.91 Å². The minimum atomic E-state index is -0.507. The molecule has 1 rings (SSSR count). The molecule has 0 aliphatic heterocycles. The number of nitrogens with two attached hydrogens (primary N) is 1. The summed E-state index contributed by atoms with van der Waals surface area (Å²) in [5.74, 6) is -0.134. The summed E-state index contributed by atoms with van der Waals surface area (Å²) in [5, 5.41) is 2.85. The number of carbonyl (C=O) groups is 1. The number of carbonyl (C=O) groups excluding carboxylic acids is 1. The molecular weight excluding hydrogens is 224 g/mol. The van der Waals surface area contributed by atoms with Gasteiger partial charge in [-0.15, -0.1) is 0 Å². The highest BCUT2D eigenvalue weighted by atomic mass is 16.2. The first-order valence-corrected chi connectivity index (χ1v) is 6.50. The molecule has 0 unspecified atom stereocenters. The molecule has 3 nitrogen and oxygen atoms in total. The van der Waals surface area contributed by atoms with Gasteiger partial charge in [0.1, 0.15) is 0 Å². The summed E-state index contributed by atoms with van der Waals surface area (Å²) < 4.78 is 0. The van der Waals surface area contributed by atoms with Gasteiger partial charge in [-0.25, -0.2) is 0 Å². The lowest BCUT2D eigenvalue weighted by atomic mass is 9.87. The van der Waals surface area contributed by atoms with Crippen molar-refractivity contribution < 1.29 is 4.79 Å². The van der Waals surface area contributed by atoms with Gasteiger partial charge in [-0.1, -0.05) is 46.2 Å². The van der Waals surface area contributed by atoms with Gasteiger partial charge in [-0.05, 0) is 29.5 Å². The summed E-state index contributed by atoms with van der Waals surface area (Å²) in [6, 6.07) is 7.44. The zero-order valence-corrected chi connectivity index (χ0v) is 11.8. The predicted molar refractivity (Wildman–Crippen MR) is 76.5 cm³/mol. The van der Waals surface area contributed by atoms with Crippen LogP contribution in [0.25, 0.3) is 0 Å². The second-order valence-corrected chi connectivity index (χ2v) is 5.78. The fourth-order valence-electron chi connectivity index (χ4n) is 1.66. The number of amides is 1. The molecule has 0 fully saturated rings. The van der Waals surface area contributed by atoms with Crippen molar-refractivity contribution in [2.75, 3.05) is 5.32 Å². The van der Waals surface area contributed by atoms with Crippen molar-refractivity contribution in [2.24, 2.45) is 11.1 Å². The second-order valence-electron chi connectivity index (χ2n) is 5.78. The van der Waals surface area contributed by atoms with Crippen molar-refractivity contribution in [3.05, 3.63) is 29.8 Å². The molecule has 18 heavy (non-hydrogen) atoms. The Morgan fingerprint density at radius 3 is 2.28 bits per heavy atom. The van der Waals surface area contributed by atoms with E-state index in [0.717, 1.165) is 18.5 Å². The molecule has 1 aromatic rings.